The Morgan fingerprint density at radius 2 is 1.71 bits per heavy atom. The standard InChI is InChI=1S/C29H35ClN4O3S/c1-34(16-15-20-11-14-24(36-2)25(17-20)37-3)27-18-26(30)32-29(33-27)38-19-21-9-12-22(13-10-21)28(35)31-23-7-5-4-6-8-23/h9-14,17-18,23H,4-8,15-16,19H2,1-3H3,(H,31,35). The van der Waals surface area contributed by atoms with Crippen molar-refractivity contribution in [1.82, 2.24) is 15.3 Å². The van der Waals surface area contributed by atoms with Crippen molar-refractivity contribution in [3.05, 3.63) is 70.4 Å². The summed E-state index contributed by atoms with van der Waals surface area (Å²) in [5.74, 6) is 2.89. The predicted octanol–water partition coefficient (Wildman–Crippen LogP) is 6.18. The van der Waals surface area contributed by atoms with E-state index in [0.717, 1.165) is 42.8 Å². The zero-order valence-corrected chi connectivity index (χ0v) is 23.8. The Morgan fingerprint density at radius 3 is 2.42 bits per heavy atom. The Bertz CT molecular complexity index is 1220. The van der Waals surface area contributed by atoms with Crippen LogP contribution in [0.1, 0.15) is 53.6 Å². The van der Waals surface area contributed by atoms with Crippen molar-refractivity contribution in [1.29, 1.82) is 0 Å². The summed E-state index contributed by atoms with van der Waals surface area (Å²) >= 11 is 7.86. The highest BCUT2D eigenvalue weighted by atomic mass is 35.5. The number of hydrogen-bond acceptors (Lipinski definition) is 7. The van der Waals surface area contributed by atoms with Crippen molar-refractivity contribution in [2.24, 2.45) is 0 Å². The number of amides is 1. The number of anilines is 1. The van der Waals surface area contributed by atoms with Gasteiger partial charge in [-0.05, 0) is 54.7 Å². The average Bonchev–Trinajstić information content (AvgIpc) is 2.95. The number of hydrogen-bond donors (Lipinski definition) is 1. The molecule has 0 unspecified atom stereocenters. The maximum absolute atomic E-state index is 12.6. The highest BCUT2D eigenvalue weighted by Gasteiger charge is 2.17. The first-order chi connectivity index (χ1) is 18.4. The van der Waals surface area contributed by atoms with Gasteiger partial charge in [0.25, 0.3) is 5.91 Å². The Labute approximate surface area is 234 Å². The van der Waals surface area contributed by atoms with Crippen LogP contribution in [-0.2, 0) is 12.2 Å². The zero-order chi connectivity index (χ0) is 26.9. The van der Waals surface area contributed by atoms with E-state index in [0.29, 0.717) is 39.2 Å². The molecule has 1 amide bonds. The van der Waals surface area contributed by atoms with Gasteiger partial charge in [-0.1, -0.05) is 60.8 Å². The topological polar surface area (TPSA) is 76.6 Å². The lowest BCUT2D eigenvalue weighted by Crippen LogP contribution is -2.36. The lowest BCUT2D eigenvalue weighted by Gasteiger charge is -2.22. The van der Waals surface area contributed by atoms with E-state index < -0.39 is 0 Å². The Balaban J connectivity index is 1.32. The summed E-state index contributed by atoms with van der Waals surface area (Å²) in [5.41, 5.74) is 2.93. The lowest BCUT2D eigenvalue weighted by atomic mass is 9.95. The molecule has 38 heavy (non-hydrogen) atoms. The maximum atomic E-state index is 12.6. The lowest BCUT2D eigenvalue weighted by molar-refractivity contribution is 0.0927. The predicted molar refractivity (Wildman–Crippen MR) is 154 cm³/mol. The van der Waals surface area contributed by atoms with Crippen LogP contribution < -0.4 is 19.7 Å². The fourth-order valence-corrected chi connectivity index (χ4v) is 5.55. The number of carbonyl (C=O) groups excluding carboxylic acids is 1. The number of rotatable bonds is 11. The van der Waals surface area contributed by atoms with Gasteiger partial charge in [-0.3, -0.25) is 4.79 Å². The summed E-state index contributed by atoms with van der Waals surface area (Å²) in [4.78, 5) is 23.8. The second-order valence-corrected chi connectivity index (χ2v) is 10.8. The molecule has 0 bridgehead atoms. The highest BCUT2D eigenvalue weighted by Crippen LogP contribution is 2.28. The molecule has 202 valence electrons. The van der Waals surface area contributed by atoms with Gasteiger partial charge < -0.3 is 19.7 Å². The summed E-state index contributed by atoms with van der Waals surface area (Å²) in [6.45, 7) is 0.747. The number of likely N-dealkylation sites (N-methyl/N-ethyl adjacent to an activating group) is 1. The maximum Gasteiger partial charge on any atom is 0.251 e. The molecular formula is C29H35ClN4O3S. The smallest absolute Gasteiger partial charge is 0.251 e. The van der Waals surface area contributed by atoms with Crippen LogP contribution in [0.4, 0.5) is 5.82 Å². The number of thioether (sulfide) groups is 1. The third kappa shape index (κ3) is 7.77. The summed E-state index contributed by atoms with van der Waals surface area (Å²) in [6.07, 6.45) is 6.62. The number of methoxy groups -OCH3 is 2. The third-order valence-corrected chi connectivity index (χ3v) is 7.87. The Morgan fingerprint density at radius 1 is 1.00 bits per heavy atom. The van der Waals surface area contributed by atoms with Crippen LogP contribution in [-0.4, -0.2) is 49.7 Å². The van der Waals surface area contributed by atoms with Gasteiger partial charge in [0, 0.05) is 37.0 Å². The molecule has 4 rings (SSSR count). The van der Waals surface area contributed by atoms with Gasteiger partial charge in [0.15, 0.2) is 16.7 Å². The molecule has 1 saturated carbocycles. The van der Waals surface area contributed by atoms with Crippen LogP contribution in [0.25, 0.3) is 0 Å². The number of halogens is 1. The third-order valence-electron chi connectivity index (χ3n) is 6.76. The van der Waals surface area contributed by atoms with E-state index in [4.69, 9.17) is 26.1 Å². The van der Waals surface area contributed by atoms with Crippen LogP contribution in [0, 0.1) is 0 Å². The molecule has 0 atom stereocenters. The number of nitrogens with one attached hydrogen (secondary N) is 1. The van der Waals surface area contributed by atoms with Crippen molar-refractivity contribution < 1.29 is 14.3 Å². The van der Waals surface area contributed by atoms with Crippen LogP contribution in [0.5, 0.6) is 11.5 Å². The molecule has 1 N–H and O–H groups in total. The van der Waals surface area contributed by atoms with Gasteiger partial charge in [-0.15, -0.1) is 0 Å². The van der Waals surface area contributed by atoms with Crippen molar-refractivity contribution in [3.63, 3.8) is 0 Å². The Kier molecular flexibility index (Phi) is 10.1. The van der Waals surface area contributed by atoms with Crippen LogP contribution >= 0.6 is 23.4 Å². The minimum absolute atomic E-state index is 0.00930. The minimum atomic E-state index is 0.00930. The normalized spacial score (nSPS) is 13.7. The van der Waals surface area contributed by atoms with Crippen molar-refractivity contribution >= 4 is 35.1 Å². The monoisotopic (exact) mass is 554 g/mol. The van der Waals surface area contributed by atoms with E-state index in [1.54, 1.807) is 20.3 Å². The molecule has 1 aliphatic rings. The van der Waals surface area contributed by atoms with Gasteiger partial charge in [0.2, 0.25) is 0 Å². The molecular weight excluding hydrogens is 520 g/mol. The molecule has 9 heteroatoms. The van der Waals surface area contributed by atoms with E-state index >= 15 is 0 Å². The molecule has 7 nitrogen and oxygen atoms in total. The first kappa shape index (κ1) is 28.0. The van der Waals surface area contributed by atoms with E-state index in [9.17, 15) is 4.79 Å². The number of aromatic nitrogens is 2. The van der Waals surface area contributed by atoms with Crippen molar-refractivity contribution in [2.45, 2.75) is 55.5 Å². The highest BCUT2D eigenvalue weighted by molar-refractivity contribution is 7.98. The molecule has 0 aliphatic heterocycles. The molecule has 1 fully saturated rings. The summed E-state index contributed by atoms with van der Waals surface area (Å²) in [5, 5.41) is 4.19. The SMILES string of the molecule is COc1ccc(CCN(C)c2cc(Cl)nc(SCc3ccc(C(=O)NC4CCCCC4)cc3)n2)cc1OC. The number of benzene rings is 2. The quantitative estimate of drug-likeness (QED) is 0.172. The summed E-state index contributed by atoms with van der Waals surface area (Å²) < 4.78 is 10.7. The van der Waals surface area contributed by atoms with Crippen LogP contribution in [0.2, 0.25) is 5.15 Å². The largest absolute Gasteiger partial charge is 0.493 e. The van der Waals surface area contributed by atoms with Gasteiger partial charge in [-0.2, -0.15) is 0 Å². The summed E-state index contributed by atoms with van der Waals surface area (Å²) in [6, 6.07) is 15.8. The second-order valence-electron chi connectivity index (χ2n) is 9.49. The molecule has 1 aliphatic carbocycles. The van der Waals surface area contributed by atoms with E-state index in [-0.39, 0.29) is 5.91 Å². The molecule has 3 aromatic rings. The molecule has 1 aromatic heterocycles. The van der Waals surface area contributed by atoms with Crippen LogP contribution in [0.15, 0.2) is 53.7 Å². The van der Waals surface area contributed by atoms with Crippen molar-refractivity contribution in [2.75, 3.05) is 32.7 Å². The second kappa shape index (κ2) is 13.7. The molecule has 0 spiro atoms. The van der Waals surface area contributed by atoms with E-state index in [2.05, 4.69) is 15.2 Å². The van der Waals surface area contributed by atoms with Gasteiger partial charge in [0.1, 0.15) is 11.0 Å². The van der Waals surface area contributed by atoms with E-state index in [1.165, 1.54) is 31.0 Å². The first-order valence-electron chi connectivity index (χ1n) is 12.9. The fraction of sp³-hybridized carbons (Fsp3) is 0.414. The molecule has 0 saturated heterocycles. The Hall–Kier alpha value is -2.97. The van der Waals surface area contributed by atoms with Gasteiger partial charge in [-0.25, -0.2) is 9.97 Å². The van der Waals surface area contributed by atoms with Gasteiger partial charge in [0.05, 0.1) is 14.2 Å². The minimum Gasteiger partial charge on any atom is -0.493 e. The van der Waals surface area contributed by atoms with Crippen molar-refractivity contribution in [3.8, 4) is 11.5 Å². The first-order valence-corrected chi connectivity index (χ1v) is 14.3. The molecule has 1 heterocycles. The van der Waals surface area contributed by atoms with E-state index in [1.807, 2.05) is 49.5 Å². The number of ether oxygens (including phenoxy) is 2. The average molecular weight is 555 g/mol. The fourth-order valence-electron chi connectivity index (χ4n) is 4.51. The molecule has 0 radical (unpaired) electrons. The number of carbonyl (C=O) groups is 1. The van der Waals surface area contributed by atoms with Crippen LogP contribution in [0.3, 0.4) is 0 Å². The molecule has 2 aromatic carbocycles. The van der Waals surface area contributed by atoms with Gasteiger partial charge >= 0.3 is 0 Å². The number of nitrogens with zero attached hydrogens (tertiary/aromatic N) is 3. The summed E-state index contributed by atoms with van der Waals surface area (Å²) in [7, 11) is 5.26. The zero-order valence-electron chi connectivity index (χ0n) is 22.2.